The van der Waals surface area contributed by atoms with Crippen LogP contribution < -0.4 is 5.73 Å². The summed E-state index contributed by atoms with van der Waals surface area (Å²) in [6.07, 6.45) is 3.24. The van der Waals surface area contributed by atoms with Crippen LogP contribution >= 0.6 is 0 Å². The van der Waals surface area contributed by atoms with Crippen LogP contribution in [0.4, 0.5) is 5.69 Å². The number of ether oxygens (including phenoxy) is 1. The highest BCUT2D eigenvalue weighted by Crippen LogP contribution is 2.26. The Bertz CT molecular complexity index is 929. The van der Waals surface area contributed by atoms with Crippen molar-refractivity contribution >= 4 is 22.7 Å². The summed E-state index contributed by atoms with van der Waals surface area (Å²) < 4.78 is 8.20. The number of nitrogens with zero attached hydrogens (tertiary/aromatic N) is 4. The molecule has 2 heterocycles. The number of imidazole rings is 1. The molecule has 0 atom stereocenters. The summed E-state index contributed by atoms with van der Waals surface area (Å²) >= 11 is 0. The minimum absolute atomic E-state index is 0.111. The standard InChI is InChI=1S/C15H13N5O2/c1-19-8-18-11-4-3-10(5-12(11)19)20-7-9(6-16)13(17)14(20)15(21)22-2/h3-5,7-8H,17H2,1-2H3. The number of anilines is 1. The summed E-state index contributed by atoms with van der Waals surface area (Å²) in [6, 6.07) is 7.50. The zero-order chi connectivity index (χ0) is 15.9. The van der Waals surface area contributed by atoms with Gasteiger partial charge in [-0.2, -0.15) is 5.26 Å². The number of methoxy groups -OCH3 is 1. The van der Waals surface area contributed by atoms with Crippen LogP contribution in [0.2, 0.25) is 0 Å². The van der Waals surface area contributed by atoms with Crippen molar-refractivity contribution in [1.82, 2.24) is 14.1 Å². The van der Waals surface area contributed by atoms with Crippen LogP contribution in [0.25, 0.3) is 16.7 Å². The van der Waals surface area contributed by atoms with E-state index in [9.17, 15) is 4.79 Å². The monoisotopic (exact) mass is 295 g/mol. The number of nitrogens with two attached hydrogens (primary N) is 1. The van der Waals surface area contributed by atoms with E-state index in [1.54, 1.807) is 10.9 Å². The van der Waals surface area contributed by atoms with E-state index in [0.717, 1.165) is 11.0 Å². The van der Waals surface area contributed by atoms with Crippen molar-refractivity contribution < 1.29 is 9.53 Å². The van der Waals surface area contributed by atoms with Crippen LogP contribution in [0.15, 0.2) is 30.7 Å². The second-order valence-corrected chi connectivity index (χ2v) is 4.81. The molecular weight excluding hydrogens is 282 g/mol. The Morgan fingerprint density at radius 1 is 1.45 bits per heavy atom. The lowest BCUT2D eigenvalue weighted by atomic mass is 10.2. The molecule has 0 aliphatic heterocycles. The number of carbonyl (C=O) groups is 1. The molecule has 1 aromatic carbocycles. The first-order valence-corrected chi connectivity index (χ1v) is 6.47. The fraction of sp³-hybridized carbons (Fsp3) is 0.133. The Hall–Kier alpha value is -3.27. The van der Waals surface area contributed by atoms with Crippen LogP contribution in [0.1, 0.15) is 16.1 Å². The lowest BCUT2D eigenvalue weighted by Gasteiger charge is -2.09. The Kier molecular flexibility index (Phi) is 3.07. The summed E-state index contributed by atoms with van der Waals surface area (Å²) in [5, 5.41) is 9.13. The van der Waals surface area contributed by atoms with Crippen molar-refractivity contribution in [2.24, 2.45) is 7.05 Å². The van der Waals surface area contributed by atoms with Gasteiger partial charge in [-0.1, -0.05) is 0 Å². The van der Waals surface area contributed by atoms with Gasteiger partial charge in [0, 0.05) is 18.9 Å². The number of hydrogen-bond acceptors (Lipinski definition) is 5. The van der Waals surface area contributed by atoms with Crippen molar-refractivity contribution in [2.45, 2.75) is 0 Å². The molecule has 110 valence electrons. The first-order chi connectivity index (χ1) is 10.6. The average Bonchev–Trinajstić information content (AvgIpc) is 3.07. The summed E-state index contributed by atoms with van der Waals surface area (Å²) in [6.45, 7) is 0. The quantitative estimate of drug-likeness (QED) is 0.724. The first kappa shape index (κ1) is 13.7. The van der Waals surface area contributed by atoms with E-state index in [4.69, 9.17) is 15.7 Å². The predicted molar refractivity (Wildman–Crippen MR) is 80.5 cm³/mol. The van der Waals surface area contributed by atoms with Crippen LogP contribution in [-0.2, 0) is 11.8 Å². The molecule has 0 radical (unpaired) electrons. The fourth-order valence-electron chi connectivity index (χ4n) is 2.38. The Labute approximate surface area is 126 Å². The van der Waals surface area contributed by atoms with Crippen molar-refractivity contribution in [3.8, 4) is 11.8 Å². The number of esters is 1. The number of benzene rings is 1. The number of hydrogen-bond donors (Lipinski definition) is 1. The van der Waals surface area contributed by atoms with Gasteiger partial charge < -0.3 is 19.6 Å². The van der Waals surface area contributed by atoms with Crippen LogP contribution in [0, 0.1) is 11.3 Å². The third-order valence-corrected chi connectivity index (χ3v) is 3.53. The second-order valence-electron chi connectivity index (χ2n) is 4.81. The average molecular weight is 295 g/mol. The SMILES string of the molecule is COC(=O)c1c(N)c(C#N)cn1-c1ccc2ncn(C)c2c1. The lowest BCUT2D eigenvalue weighted by Crippen LogP contribution is -2.11. The summed E-state index contributed by atoms with van der Waals surface area (Å²) in [5.41, 5.74) is 8.81. The van der Waals surface area contributed by atoms with E-state index in [2.05, 4.69) is 4.98 Å². The normalized spacial score (nSPS) is 10.6. The Balaban J connectivity index is 2.27. The van der Waals surface area contributed by atoms with Crippen LogP contribution in [0.5, 0.6) is 0 Å². The number of nitriles is 1. The molecule has 7 nitrogen and oxygen atoms in total. The molecule has 3 rings (SSSR count). The fourth-order valence-corrected chi connectivity index (χ4v) is 2.38. The highest BCUT2D eigenvalue weighted by Gasteiger charge is 2.21. The number of fused-ring (bicyclic) bond motifs is 1. The van der Waals surface area contributed by atoms with Gasteiger partial charge in [0.25, 0.3) is 0 Å². The maximum Gasteiger partial charge on any atom is 0.357 e. The van der Waals surface area contributed by atoms with Crippen LogP contribution in [-0.4, -0.2) is 27.2 Å². The number of aryl methyl sites for hydroxylation is 1. The maximum absolute atomic E-state index is 12.0. The number of nitrogen functional groups attached to an aromatic ring is 1. The topological polar surface area (TPSA) is 98.9 Å². The number of carbonyl (C=O) groups excluding carboxylic acids is 1. The molecule has 2 aromatic heterocycles. The van der Waals surface area contributed by atoms with E-state index in [-0.39, 0.29) is 16.9 Å². The summed E-state index contributed by atoms with van der Waals surface area (Å²) in [4.78, 5) is 16.2. The zero-order valence-electron chi connectivity index (χ0n) is 12.1. The molecule has 7 heteroatoms. The summed E-state index contributed by atoms with van der Waals surface area (Å²) in [5.74, 6) is -0.593. The van der Waals surface area contributed by atoms with E-state index in [1.165, 1.54) is 13.3 Å². The lowest BCUT2D eigenvalue weighted by molar-refractivity contribution is 0.0593. The molecular formula is C15H13N5O2. The first-order valence-electron chi connectivity index (χ1n) is 6.47. The van der Waals surface area contributed by atoms with Gasteiger partial charge in [-0.05, 0) is 18.2 Å². The van der Waals surface area contributed by atoms with Crippen molar-refractivity contribution in [3.63, 3.8) is 0 Å². The van der Waals surface area contributed by atoms with Gasteiger partial charge in [0.2, 0.25) is 0 Å². The molecule has 0 bridgehead atoms. The molecule has 3 aromatic rings. The van der Waals surface area contributed by atoms with E-state index >= 15 is 0 Å². The highest BCUT2D eigenvalue weighted by molar-refractivity contribution is 5.96. The molecule has 22 heavy (non-hydrogen) atoms. The molecule has 0 amide bonds. The van der Waals surface area contributed by atoms with E-state index in [1.807, 2.05) is 35.9 Å². The molecule has 0 fully saturated rings. The minimum Gasteiger partial charge on any atom is -0.464 e. The van der Waals surface area contributed by atoms with Gasteiger partial charge in [-0.25, -0.2) is 9.78 Å². The Morgan fingerprint density at radius 3 is 2.91 bits per heavy atom. The Morgan fingerprint density at radius 2 is 2.23 bits per heavy atom. The number of aromatic nitrogens is 3. The highest BCUT2D eigenvalue weighted by atomic mass is 16.5. The summed E-state index contributed by atoms with van der Waals surface area (Å²) in [7, 11) is 3.15. The molecule has 0 aliphatic carbocycles. The van der Waals surface area contributed by atoms with Gasteiger partial charge in [0.15, 0.2) is 5.69 Å². The molecule has 0 aliphatic rings. The third kappa shape index (κ3) is 1.90. The van der Waals surface area contributed by atoms with Gasteiger partial charge in [0.1, 0.15) is 6.07 Å². The molecule has 0 unspecified atom stereocenters. The van der Waals surface area contributed by atoms with Crippen molar-refractivity contribution in [1.29, 1.82) is 5.26 Å². The van der Waals surface area contributed by atoms with Crippen molar-refractivity contribution in [2.75, 3.05) is 12.8 Å². The molecule has 0 saturated heterocycles. The molecule has 2 N–H and O–H groups in total. The van der Waals surface area contributed by atoms with Gasteiger partial charge in [-0.15, -0.1) is 0 Å². The largest absolute Gasteiger partial charge is 0.464 e. The predicted octanol–water partition coefficient (Wildman–Crippen LogP) is 1.60. The minimum atomic E-state index is -0.593. The van der Waals surface area contributed by atoms with Gasteiger partial charge in [0.05, 0.1) is 35.7 Å². The van der Waals surface area contributed by atoms with E-state index < -0.39 is 5.97 Å². The third-order valence-electron chi connectivity index (χ3n) is 3.53. The second kappa shape index (κ2) is 4.93. The van der Waals surface area contributed by atoms with Gasteiger partial charge >= 0.3 is 5.97 Å². The van der Waals surface area contributed by atoms with Crippen LogP contribution in [0.3, 0.4) is 0 Å². The maximum atomic E-state index is 12.0. The van der Waals surface area contributed by atoms with Crippen molar-refractivity contribution in [3.05, 3.63) is 42.0 Å². The number of rotatable bonds is 2. The smallest absolute Gasteiger partial charge is 0.357 e. The van der Waals surface area contributed by atoms with Gasteiger partial charge in [-0.3, -0.25) is 0 Å². The molecule has 0 saturated carbocycles. The molecule has 0 spiro atoms. The zero-order valence-corrected chi connectivity index (χ0v) is 12.1. The van der Waals surface area contributed by atoms with E-state index in [0.29, 0.717) is 5.69 Å².